The van der Waals surface area contributed by atoms with Gasteiger partial charge in [0.15, 0.2) is 0 Å². The van der Waals surface area contributed by atoms with Crippen LogP contribution >= 0.6 is 0 Å². The van der Waals surface area contributed by atoms with Crippen LogP contribution in [0, 0.1) is 6.92 Å². The first-order valence-corrected chi connectivity index (χ1v) is 9.54. The fourth-order valence-electron chi connectivity index (χ4n) is 2.50. The zero-order valence-electron chi connectivity index (χ0n) is 15.6. The monoisotopic (exact) mass is 336 g/mol. The van der Waals surface area contributed by atoms with Crippen molar-refractivity contribution in [1.82, 2.24) is 0 Å². The number of hydrogen-bond acceptors (Lipinski definition) is 2. The molecular formula is C21H36O3. The molecule has 0 heterocycles. The Morgan fingerprint density at radius 1 is 0.833 bits per heavy atom. The molecule has 24 heavy (non-hydrogen) atoms. The molecule has 1 aromatic rings. The first-order valence-electron chi connectivity index (χ1n) is 9.54. The second-order valence-corrected chi connectivity index (χ2v) is 6.47. The molecule has 138 valence electrons. The number of carboxylic acids is 1. The van der Waals surface area contributed by atoms with Crippen molar-refractivity contribution >= 4 is 5.97 Å². The standard InChI is InChI=1S/C14H28O2.C7H8O/c1-2-3-4-5-6-7-8-9-10-11-12-13-14(15)16;1-6-4-2-3-5-7(6)8/h2-13H2,1H3,(H,15,16);2-5,8H,1H3. The SMILES string of the molecule is CCCCCCCCCCCCCC(=O)O.Cc1ccccc1O. The summed E-state index contributed by atoms with van der Waals surface area (Å²) in [6.07, 6.45) is 14.4. The molecule has 0 bridgehead atoms. The van der Waals surface area contributed by atoms with Crippen molar-refractivity contribution in [2.45, 2.75) is 90.9 Å². The van der Waals surface area contributed by atoms with E-state index < -0.39 is 5.97 Å². The number of phenolic OH excluding ortho intramolecular Hbond substituents is 1. The maximum Gasteiger partial charge on any atom is 0.303 e. The number of aliphatic carboxylic acids is 1. The van der Waals surface area contributed by atoms with E-state index in [4.69, 9.17) is 10.2 Å². The first kappa shape index (κ1) is 22.5. The fraction of sp³-hybridized carbons (Fsp3) is 0.667. The van der Waals surface area contributed by atoms with Gasteiger partial charge in [0.25, 0.3) is 0 Å². The van der Waals surface area contributed by atoms with Gasteiger partial charge in [0, 0.05) is 6.42 Å². The minimum Gasteiger partial charge on any atom is -0.508 e. The normalized spacial score (nSPS) is 10.1. The molecule has 2 N–H and O–H groups in total. The van der Waals surface area contributed by atoms with Crippen molar-refractivity contribution in [1.29, 1.82) is 0 Å². The summed E-state index contributed by atoms with van der Waals surface area (Å²) in [6.45, 7) is 4.12. The first-order chi connectivity index (χ1) is 11.6. The molecule has 0 saturated carbocycles. The van der Waals surface area contributed by atoms with Crippen LogP contribution in [0.3, 0.4) is 0 Å². The average molecular weight is 337 g/mol. The van der Waals surface area contributed by atoms with E-state index in [1.165, 1.54) is 57.8 Å². The molecular weight excluding hydrogens is 300 g/mol. The highest BCUT2D eigenvalue weighted by Gasteiger charge is 1.96. The van der Waals surface area contributed by atoms with Crippen molar-refractivity contribution in [3.8, 4) is 5.75 Å². The summed E-state index contributed by atoms with van der Waals surface area (Å²) >= 11 is 0. The van der Waals surface area contributed by atoms with Crippen LogP contribution in [0.2, 0.25) is 0 Å². The number of unbranched alkanes of at least 4 members (excludes halogenated alkanes) is 10. The smallest absolute Gasteiger partial charge is 0.303 e. The maximum absolute atomic E-state index is 10.3. The second kappa shape index (κ2) is 16.4. The number of benzene rings is 1. The van der Waals surface area contributed by atoms with Crippen LogP contribution in [0.25, 0.3) is 0 Å². The van der Waals surface area contributed by atoms with E-state index in [2.05, 4.69) is 6.92 Å². The molecule has 0 atom stereocenters. The number of phenols is 1. The van der Waals surface area contributed by atoms with E-state index in [9.17, 15) is 4.79 Å². The predicted octanol–water partition coefficient (Wildman–Crippen LogP) is 6.47. The van der Waals surface area contributed by atoms with Gasteiger partial charge >= 0.3 is 5.97 Å². The van der Waals surface area contributed by atoms with E-state index in [1.54, 1.807) is 6.07 Å². The van der Waals surface area contributed by atoms with E-state index in [0.717, 1.165) is 18.4 Å². The summed E-state index contributed by atoms with van der Waals surface area (Å²) in [5.74, 6) is -0.288. The molecule has 0 unspecified atom stereocenters. The number of carbonyl (C=O) groups is 1. The quantitative estimate of drug-likeness (QED) is 0.430. The lowest BCUT2D eigenvalue weighted by Crippen LogP contribution is -1.93. The summed E-state index contributed by atoms with van der Waals surface area (Å²) in [7, 11) is 0. The highest BCUT2D eigenvalue weighted by molar-refractivity contribution is 5.66. The molecule has 0 fully saturated rings. The highest BCUT2D eigenvalue weighted by atomic mass is 16.4. The van der Waals surface area contributed by atoms with Gasteiger partial charge in [0.1, 0.15) is 5.75 Å². The van der Waals surface area contributed by atoms with Crippen LogP contribution in [0.1, 0.15) is 89.5 Å². The zero-order valence-corrected chi connectivity index (χ0v) is 15.6. The van der Waals surface area contributed by atoms with E-state index >= 15 is 0 Å². The fourth-order valence-corrected chi connectivity index (χ4v) is 2.50. The maximum atomic E-state index is 10.3. The van der Waals surface area contributed by atoms with Gasteiger partial charge in [-0.25, -0.2) is 0 Å². The molecule has 0 radical (unpaired) electrons. The Morgan fingerprint density at radius 3 is 1.67 bits per heavy atom. The Hall–Kier alpha value is -1.51. The molecule has 0 aliphatic rings. The Kier molecular flexibility index (Phi) is 15.3. The largest absolute Gasteiger partial charge is 0.508 e. The topological polar surface area (TPSA) is 57.5 Å². The van der Waals surface area contributed by atoms with E-state index in [-0.39, 0.29) is 0 Å². The lowest BCUT2D eigenvalue weighted by molar-refractivity contribution is -0.137. The number of hydrogen-bond donors (Lipinski definition) is 2. The lowest BCUT2D eigenvalue weighted by Gasteiger charge is -2.01. The van der Waals surface area contributed by atoms with Crippen molar-refractivity contribution in [3.05, 3.63) is 29.8 Å². The van der Waals surface area contributed by atoms with Crippen molar-refractivity contribution in [2.75, 3.05) is 0 Å². The summed E-state index contributed by atoms with van der Waals surface area (Å²) in [6, 6.07) is 7.25. The summed E-state index contributed by atoms with van der Waals surface area (Å²) in [5, 5.41) is 17.4. The number of rotatable bonds is 12. The van der Waals surface area contributed by atoms with Gasteiger partial charge in [-0.15, -0.1) is 0 Å². The van der Waals surface area contributed by atoms with Crippen molar-refractivity contribution in [2.24, 2.45) is 0 Å². The molecule has 3 nitrogen and oxygen atoms in total. The number of carboxylic acid groups (broad SMARTS) is 1. The average Bonchev–Trinajstić information content (AvgIpc) is 2.56. The third-order valence-corrected chi connectivity index (χ3v) is 4.11. The van der Waals surface area contributed by atoms with Gasteiger partial charge in [-0.05, 0) is 25.0 Å². The summed E-state index contributed by atoms with van der Waals surface area (Å²) < 4.78 is 0. The molecule has 1 aromatic carbocycles. The van der Waals surface area contributed by atoms with Gasteiger partial charge in [-0.1, -0.05) is 89.3 Å². The van der Waals surface area contributed by atoms with Gasteiger partial charge in [-0.2, -0.15) is 0 Å². The lowest BCUT2D eigenvalue weighted by atomic mass is 10.1. The van der Waals surface area contributed by atoms with E-state index in [0.29, 0.717) is 12.2 Å². The van der Waals surface area contributed by atoms with Gasteiger partial charge in [0.05, 0.1) is 0 Å². The van der Waals surface area contributed by atoms with Crippen LogP contribution < -0.4 is 0 Å². The van der Waals surface area contributed by atoms with Crippen LogP contribution in [0.15, 0.2) is 24.3 Å². The second-order valence-electron chi connectivity index (χ2n) is 6.47. The number of aromatic hydroxyl groups is 1. The molecule has 3 heteroatoms. The molecule has 0 spiro atoms. The van der Waals surface area contributed by atoms with Crippen LogP contribution in [-0.4, -0.2) is 16.2 Å². The van der Waals surface area contributed by atoms with Crippen LogP contribution in [-0.2, 0) is 4.79 Å². The van der Waals surface area contributed by atoms with Crippen LogP contribution in [0.5, 0.6) is 5.75 Å². The third kappa shape index (κ3) is 15.4. The Bertz CT molecular complexity index is 394. The van der Waals surface area contributed by atoms with Crippen LogP contribution in [0.4, 0.5) is 0 Å². The molecule has 0 aliphatic carbocycles. The molecule has 1 rings (SSSR count). The predicted molar refractivity (Wildman–Crippen MR) is 102 cm³/mol. The summed E-state index contributed by atoms with van der Waals surface area (Å²) in [5.41, 5.74) is 0.924. The third-order valence-electron chi connectivity index (χ3n) is 4.11. The van der Waals surface area contributed by atoms with Gasteiger partial charge in [0.2, 0.25) is 0 Å². The number of para-hydroxylation sites is 1. The van der Waals surface area contributed by atoms with E-state index in [1.807, 2.05) is 25.1 Å². The Morgan fingerprint density at radius 2 is 1.29 bits per heavy atom. The molecule has 0 amide bonds. The molecule has 0 saturated heterocycles. The zero-order chi connectivity index (χ0) is 18.0. The minimum absolute atomic E-state index is 0.344. The Balaban J connectivity index is 0.000000546. The minimum atomic E-state index is -0.657. The van der Waals surface area contributed by atoms with Gasteiger partial charge in [-0.3, -0.25) is 4.79 Å². The van der Waals surface area contributed by atoms with Crippen molar-refractivity contribution in [3.63, 3.8) is 0 Å². The highest BCUT2D eigenvalue weighted by Crippen LogP contribution is 2.12. The number of aryl methyl sites for hydroxylation is 1. The molecule has 0 aromatic heterocycles. The Labute approximate surface area is 148 Å². The van der Waals surface area contributed by atoms with Gasteiger partial charge < -0.3 is 10.2 Å². The van der Waals surface area contributed by atoms with Crippen molar-refractivity contribution < 1.29 is 15.0 Å². The molecule has 0 aliphatic heterocycles. The summed E-state index contributed by atoms with van der Waals surface area (Å²) in [4.78, 5) is 10.3.